The van der Waals surface area contributed by atoms with E-state index in [0.717, 1.165) is 0 Å². The maximum Gasteiger partial charge on any atom is 0.307 e. The molecule has 0 aliphatic heterocycles. The van der Waals surface area contributed by atoms with Crippen molar-refractivity contribution in [2.45, 2.75) is 13.8 Å². The van der Waals surface area contributed by atoms with Gasteiger partial charge in [0.05, 0.1) is 12.5 Å². The third-order valence-electron chi connectivity index (χ3n) is 2.69. The fourth-order valence-electron chi connectivity index (χ4n) is 1.71. The first-order valence-corrected chi connectivity index (χ1v) is 4.11. The molecule has 0 amide bonds. The summed E-state index contributed by atoms with van der Waals surface area (Å²) in [4.78, 5) is 10.6. The quantitative estimate of drug-likeness (QED) is 0.699. The molecule has 1 rings (SSSR count). The molecule has 0 aromatic rings. The van der Waals surface area contributed by atoms with E-state index < -0.39 is 29.7 Å². The highest BCUT2D eigenvalue weighted by atomic mass is 19.1. The maximum absolute atomic E-state index is 12.6. The number of carboxylic acid groups (broad SMARTS) is 1. The highest BCUT2D eigenvalue weighted by Gasteiger charge is 2.61. The van der Waals surface area contributed by atoms with Gasteiger partial charge in [-0.15, -0.1) is 0 Å². The van der Waals surface area contributed by atoms with Gasteiger partial charge >= 0.3 is 5.97 Å². The van der Waals surface area contributed by atoms with Crippen LogP contribution in [0.2, 0.25) is 0 Å². The monoisotopic (exact) mass is 188 g/mol. The van der Waals surface area contributed by atoms with Gasteiger partial charge in [0.1, 0.15) is 5.83 Å². The molecule has 1 aliphatic carbocycles. The van der Waals surface area contributed by atoms with Crippen LogP contribution in [0.1, 0.15) is 13.8 Å². The van der Waals surface area contributed by atoms with E-state index in [1.807, 2.05) is 0 Å². The highest BCUT2D eigenvalue weighted by molar-refractivity contribution is 5.76. The molecule has 1 aliphatic rings. The summed E-state index contributed by atoms with van der Waals surface area (Å²) in [5.74, 6) is -2.37. The zero-order valence-corrected chi connectivity index (χ0v) is 7.62. The highest BCUT2D eigenvalue weighted by Crippen LogP contribution is 2.59. The SMILES string of the molecule is CC1(C)C(C=C(F)CO)C1C(=O)O. The van der Waals surface area contributed by atoms with Crippen molar-refractivity contribution in [3.8, 4) is 0 Å². The van der Waals surface area contributed by atoms with Crippen LogP contribution in [0.5, 0.6) is 0 Å². The normalized spacial score (nSPS) is 31.5. The second-order valence-corrected chi connectivity index (χ2v) is 3.93. The minimum atomic E-state index is -0.906. The average molecular weight is 188 g/mol. The van der Waals surface area contributed by atoms with Crippen LogP contribution in [0.3, 0.4) is 0 Å². The van der Waals surface area contributed by atoms with Crippen molar-refractivity contribution in [3.63, 3.8) is 0 Å². The Balaban J connectivity index is 2.71. The number of aliphatic hydroxyl groups is 1. The number of aliphatic hydroxyl groups excluding tert-OH is 1. The molecule has 0 heterocycles. The fourth-order valence-corrected chi connectivity index (χ4v) is 1.71. The van der Waals surface area contributed by atoms with Crippen molar-refractivity contribution in [1.82, 2.24) is 0 Å². The van der Waals surface area contributed by atoms with Crippen LogP contribution in [-0.4, -0.2) is 22.8 Å². The van der Waals surface area contributed by atoms with Crippen LogP contribution in [0.25, 0.3) is 0 Å². The molecule has 0 bridgehead atoms. The Kier molecular flexibility index (Phi) is 2.43. The number of aliphatic carboxylic acids is 1. The summed E-state index contributed by atoms with van der Waals surface area (Å²) in [6.07, 6.45) is 1.21. The number of rotatable bonds is 3. The van der Waals surface area contributed by atoms with E-state index in [1.54, 1.807) is 13.8 Å². The van der Waals surface area contributed by atoms with Gasteiger partial charge in [-0.2, -0.15) is 0 Å². The van der Waals surface area contributed by atoms with Gasteiger partial charge in [-0.1, -0.05) is 13.8 Å². The third kappa shape index (κ3) is 1.72. The molecule has 4 heteroatoms. The van der Waals surface area contributed by atoms with Gasteiger partial charge in [0.2, 0.25) is 0 Å². The Morgan fingerprint density at radius 3 is 2.46 bits per heavy atom. The lowest BCUT2D eigenvalue weighted by molar-refractivity contribution is -0.139. The summed E-state index contributed by atoms with van der Waals surface area (Å²) in [6.45, 7) is 2.90. The summed E-state index contributed by atoms with van der Waals surface area (Å²) in [6, 6.07) is 0. The molecule has 0 radical (unpaired) electrons. The lowest BCUT2D eigenvalue weighted by Crippen LogP contribution is -2.03. The second-order valence-electron chi connectivity index (χ2n) is 3.93. The van der Waals surface area contributed by atoms with Gasteiger partial charge in [-0.05, 0) is 17.4 Å². The lowest BCUT2D eigenvalue weighted by Gasteiger charge is -1.96. The molecule has 1 fully saturated rings. The summed E-state index contributed by atoms with van der Waals surface area (Å²) < 4.78 is 12.6. The van der Waals surface area contributed by atoms with Crippen LogP contribution in [0, 0.1) is 17.3 Å². The molecule has 2 unspecified atom stereocenters. The number of carbonyl (C=O) groups is 1. The van der Waals surface area contributed by atoms with Crippen molar-refractivity contribution in [2.24, 2.45) is 17.3 Å². The molecule has 0 spiro atoms. The Morgan fingerprint density at radius 2 is 2.15 bits per heavy atom. The first-order valence-electron chi connectivity index (χ1n) is 4.11. The molecule has 0 aromatic carbocycles. The largest absolute Gasteiger partial charge is 0.481 e. The molecule has 3 nitrogen and oxygen atoms in total. The first kappa shape index (κ1) is 10.2. The van der Waals surface area contributed by atoms with Gasteiger partial charge in [0.25, 0.3) is 0 Å². The van der Waals surface area contributed by atoms with Crippen molar-refractivity contribution >= 4 is 5.97 Å². The van der Waals surface area contributed by atoms with Crippen molar-refractivity contribution in [1.29, 1.82) is 0 Å². The summed E-state index contributed by atoms with van der Waals surface area (Å²) in [7, 11) is 0. The zero-order chi connectivity index (χ0) is 10.2. The molecule has 2 N–H and O–H groups in total. The zero-order valence-electron chi connectivity index (χ0n) is 7.62. The Labute approximate surface area is 75.9 Å². The Morgan fingerprint density at radius 1 is 1.62 bits per heavy atom. The van der Waals surface area contributed by atoms with Crippen LogP contribution in [-0.2, 0) is 4.79 Å². The van der Waals surface area contributed by atoms with Crippen LogP contribution in [0.15, 0.2) is 11.9 Å². The van der Waals surface area contributed by atoms with Gasteiger partial charge < -0.3 is 10.2 Å². The molecular formula is C9H13FO3. The van der Waals surface area contributed by atoms with E-state index in [1.165, 1.54) is 6.08 Å². The Bertz CT molecular complexity index is 258. The van der Waals surface area contributed by atoms with Crippen LogP contribution >= 0.6 is 0 Å². The van der Waals surface area contributed by atoms with E-state index in [0.29, 0.717) is 0 Å². The van der Waals surface area contributed by atoms with E-state index in [-0.39, 0.29) is 5.92 Å². The number of hydrogen-bond donors (Lipinski definition) is 2. The van der Waals surface area contributed by atoms with Crippen molar-refractivity contribution in [3.05, 3.63) is 11.9 Å². The molecule has 13 heavy (non-hydrogen) atoms. The van der Waals surface area contributed by atoms with Crippen LogP contribution in [0.4, 0.5) is 4.39 Å². The average Bonchev–Trinajstić information content (AvgIpc) is 2.53. The van der Waals surface area contributed by atoms with Gasteiger partial charge in [-0.25, -0.2) is 4.39 Å². The molecule has 1 saturated carbocycles. The summed E-state index contributed by atoms with van der Waals surface area (Å²) in [5, 5.41) is 17.1. The topological polar surface area (TPSA) is 57.5 Å². The van der Waals surface area contributed by atoms with Gasteiger partial charge in [0, 0.05) is 0 Å². The fraction of sp³-hybridized carbons (Fsp3) is 0.667. The minimum Gasteiger partial charge on any atom is -0.481 e. The molecule has 0 aromatic heterocycles. The smallest absolute Gasteiger partial charge is 0.307 e. The first-order chi connectivity index (χ1) is 5.91. The Hall–Kier alpha value is -0.900. The number of carboxylic acids is 1. The van der Waals surface area contributed by atoms with E-state index >= 15 is 0 Å². The van der Waals surface area contributed by atoms with Crippen molar-refractivity contribution < 1.29 is 19.4 Å². The number of allylic oxidation sites excluding steroid dienone is 1. The minimum absolute atomic E-state index is 0.294. The van der Waals surface area contributed by atoms with Crippen molar-refractivity contribution in [2.75, 3.05) is 6.61 Å². The second kappa shape index (κ2) is 3.10. The maximum atomic E-state index is 12.6. The van der Waals surface area contributed by atoms with E-state index in [9.17, 15) is 9.18 Å². The third-order valence-corrected chi connectivity index (χ3v) is 2.69. The molecular weight excluding hydrogens is 175 g/mol. The number of hydrogen-bond acceptors (Lipinski definition) is 2. The van der Waals surface area contributed by atoms with Gasteiger partial charge in [0.15, 0.2) is 0 Å². The van der Waals surface area contributed by atoms with Crippen LogP contribution < -0.4 is 0 Å². The summed E-state index contributed by atoms with van der Waals surface area (Å²) in [5.41, 5.74) is -0.391. The molecule has 2 atom stereocenters. The number of halogens is 1. The van der Waals surface area contributed by atoms with E-state index in [2.05, 4.69) is 0 Å². The lowest BCUT2D eigenvalue weighted by atomic mass is 10.1. The van der Waals surface area contributed by atoms with E-state index in [4.69, 9.17) is 10.2 Å². The molecule has 0 saturated heterocycles. The molecule has 74 valence electrons. The predicted octanol–water partition coefficient (Wildman–Crippen LogP) is 1.19. The predicted molar refractivity (Wildman–Crippen MR) is 44.7 cm³/mol. The standard InChI is InChI=1S/C9H13FO3/c1-9(2)6(3-5(10)4-11)7(9)8(12)13/h3,6-7,11H,4H2,1-2H3,(H,12,13). The van der Waals surface area contributed by atoms with Gasteiger partial charge in [-0.3, -0.25) is 4.79 Å². The summed E-state index contributed by atoms with van der Waals surface area (Å²) >= 11 is 0.